The van der Waals surface area contributed by atoms with Gasteiger partial charge in [-0.1, -0.05) is 11.8 Å². The Morgan fingerprint density at radius 1 is 1.53 bits per heavy atom. The number of rotatable bonds is 5. The Morgan fingerprint density at radius 2 is 2.47 bits per heavy atom. The summed E-state index contributed by atoms with van der Waals surface area (Å²) in [6, 6.07) is 0. The van der Waals surface area contributed by atoms with Crippen LogP contribution in [0.3, 0.4) is 0 Å². The number of nitrogens with one attached hydrogen (secondary N) is 1. The molecule has 0 bridgehead atoms. The summed E-state index contributed by atoms with van der Waals surface area (Å²) in [5, 5.41) is 7.24. The molecule has 0 saturated heterocycles. The van der Waals surface area contributed by atoms with Crippen LogP contribution in [0.2, 0.25) is 0 Å². The summed E-state index contributed by atoms with van der Waals surface area (Å²) in [6.45, 7) is 0.965. The average Bonchev–Trinajstić information content (AvgIpc) is 2.84. The third kappa shape index (κ3) is 2.98. The second-order valence-corrected chi connectivity index (χ2v) is 4.07. The Kier molecular flexibility index (Phi) is 3.23. The molecule has 2 rings (SSSR count). The summed E-state index contributed by atoms with van der Waals surface area (Å²) in [5.74, 6) is 1.34. The number of thioether (sulfide) groups is 1. The first-order valence-electron chi connectivity index (χ1n) is 4.61. The van der Waals surface area contributed by atoms with Gasteiger partial charge in [0, 0.05) is 24.7 Å². The maximum atomic E-state index is 5.41. The molecule has 6 nitrogen and oxygen atoms in total. The molecule has 7 heteroatoms. The van der Waals surface area contributed by atoms with Gasteiger partial charge in [-0.05, 0) is 6.42 Å². The van der Waals surface area contributed by atoms with Gasteiger partial charge in [0.05, 0.1) is 6.33 Å². The monoisotopic (exact) mass is 224 g/mol. The number of aryl methyl sites for hydroxylation is 1. The van der Waals surface area contributed by atoms with Crippen LogP contribution < -0.4 is 5.73 Å². The van der Waals surface area contributed by atoms with Crippen molar-refractivity contribution in [3.05, 3.63) is 18.7 Å². The predicted molar refractivity (Wildman–Crippen MR) is 58.4 cm³/mol. The second kappa shape index (κ2) is 4.83. The van der Waals surface area contributed by atoms with Gasteiger partial charge in [0.1, 0.15) is 0 Å². The summed E-state index contributed by atoms with van der Waals surface area (Å²) in [4.78, 5) is 7.97. The average molecular weight is 224 g/mol. The lowest BCUT2D eigenvalue weighted by Crippen LogP contribution is -1.95. The molecule has 0 atom stereocenters. The molecule has 2 aromatic heterocycles. The molecular weight excluding hydrogens is 212 g/mol. The summed E-state index contributed by atoms with van der Waals surface area (Å²) < 4.78 is 2.05. The van der Waals surface area contributed by atoms with E-state index in [4.69, 9.17) is 5.73 Å². The maximum Gasteiger partial charge on any atom is 0.216 e. The molecule has 2 heterocycles. The van der Waals surface area contributed by atoms with Crippen LogP contribution in [0.15, 0.2) is 23.9 Å². The summed E-state index contributed by atoms with van der Waals surface area (Å²) in [5.41, 5.74) is 5.41. The van der Waals surface area contributed by atoms with E-state index in [1.165, 1.54) is 0 Å². The Balaban J connectivity index is 1.67. The van der Waals surface area contributed by atoms with Crippen molar-refractivity contribution in [3.8, 4) is 0 Å². The molecule has 0 aromatic carbocycles. The summed E-state index contributed by atoms with van der Waals surface area (Å²) >= 11 is 1.60. The highest BCUT2D eigenvalue weighted by atomic mass is 32.2. The first-order chi connectivity index (χ1) is 7.34. The number of nitrogens with two attached hydrogens (primary N) is 1. The number of H-pyrrole nitrogens is 1. The fourth-order valence-corrected chi connectivity index (χ4v) is 1.88. The molecule has 2 aromatic rings. The topological polar surface area (TPSA) is 85.4 Å². The molecule has 0 fully saturated rings. The lowest BCUT2D eigenvalue weighted by molar-refractivity contribution is 0.683. The molecule has 0 amide bonds. The molecule has 0 saturated carbocycles. The number of hydrogen-bond acceptors (Lipinski definition) is 5. The Labute approximate surface area is 91.3 Å². The maximum absolute atomic E-state index is 5.41. The molecule has 15 heavy (non-hydrogen) atoms. The zero-order valence-corrected chi connectivity index (χ0v) is 8.94. The number of nitrogen functional groups attached to an aromatic ring is 1. The highest BCUT2D eigenvalue weighted by Crippen LogP contribution is 2.13. The minimum absolute atomic E-state index is 0.368. The third-order valence-electron chi connectivity index (χ3n) is 1.83. The Bertz CT molecular complexity index is 395. The Hall–Kier alpha value is -1.50. The van der Waals surface area contributed by atoms with Gasteiger partial charge in [-0.3, -0.25) is 0 Å². The van der Waals surface area contributed by atoms with Gasteiger partial charge in [-0.2, -0.15) is 4.98 Å². The zero-order valence-electron chi connectivity index (χ0n) is 8.13. The van der Waals surface area contributed by atoms with E-state index in [1.54, 1.807) is 18.0 Å². The van der Waals surface area contributed by atoms with Crippen LogP contribution in [0.1, 0.15) is 6.42 Å². The standard InChI is InChI=1S/C8H12N6S/c9-7-11-8(13-12-7)15-5-1-3-14-4-2-10-6-14/h2,4,6H,1,3,5H2,(H3,9,11,12,13). The van der Waals surface area contributed by atoms with Gasteiger partial charge in [-0.15, -0.1) is 5.10 Å². The second-order valence-electron chi connectivity index (χ2n) is 3.01. The van der Waals surface area contributed by atoms with Crippen LogP contribution in [0.4, 0.5) is 5.95 Å². The minimum atomic E-state index is 0.368. The highest BCUT2D eigenvalue weighted by molar-refractivity contribution is 7.99. The van der Waals surface area contributed by atoms with Gasteiger partial charge in [0.2, 0.25) is 11.1 Å². The molecule has 0 spiro atoms. The number of aromatic amines is 1. The van der Waals surface area contributed by atoms with Gasteiger partial charge >= 0.3 is 0 Å². The number of nitrogens with zero attached hydrogens (tertiary/aromatic N) is 4. The number of imidazole rings is 1. The molecular formula is C8H12N6S. The van der Waals surface area contributed by atoms with E-state index in [0.717, 1.165) is 18.7 Å². The number of hydrogen-bond donors (Lipinski definition) is 2. The lowest BCUT2D eigenvalue weighted by Gasteiger charge is -1.99. The van der Waals surface area contributed by atoms with Gasteiger partial charge in [0.15, 0.2) is 0 Å². The van der Waals surface area contributed by atoms with Crippen molar-refractivity contribution in [2.75, 3.05) is 11.5 Å². The van der Waals surface area contributed by atoms with Crippen molar-refractivity contribution in [1.82, 2.24) is 24.7 Å². The molecule has 0 aliphatic rings. The Morgan fingerprint density at radius 3 is 3.13 bits per heavy atom. The SMILES string of the molecule is Nc1nc(SCCCn2ccnc2)n[nH]1. The number of aromatic nitrogens is 5. The molecule has 0 aliphatic carbocycles. The molecule has 80 valence electrons. The van der Waals surface area contributed by atoms with Gasteiger partial charge in [0.25, 0.3) is 0 Å². The van der Waals surface area contributed by atoms with Crippen molar-refractivity contribution in [3.63, 3.8) is 0 Å². The predicted octanol–water partition coefficient (Wildman–Crippen LogP) is 0.766. The van der Waals surface area contributed by atoms with Gasteiger partial charge < -0.3 is 10.3 Å². The van der Waals surface area contributed by atoms with E-state index in [1.807, 2.05) is 17.1 Å². The van der Waals surface area contributed by atoms with Crippen LogP contribution in [-0.2, 0) is 6.54 Å². The van der Waals surface area contributed by atoms with Crippen molar-refractivity contribution >= 4 is 17.7 Å². The normalized spacial score (nSPS) is 10.7. The van der Waals surface area contributed by atoms with Crippen molar-refractivity contribution in [1.29, 1.82) is 0 Å². The van der Waals surface area contributed by atoms with Crippen LogP contribution in [-0.4, -0.2) is 30.5 Å². The van der Waals surface area contributed by atoms with Crippen LogP contribution in [0.5, 0.6) is 0 Å². The largest absolute Gasteiger partial charge is 0.368 e. The lowest BCUT2D eigenvalue weighted by atomic mass is 10.5. The van der Waals surface area contributed by atoms with Crippen molar-refractivity contribution < 1.29 is 0 Å². The smallest absolute Gasteiger partial charge is 0.216 e. The fraction of sp³-hybridized carbons (Fsp3) is 0.375. The third-order valence-corrected chi connectivity index (χ3v) is 2.77. The first kappa shape index (κ1) is 10.0. The summed E-state index contributed by atoms with van der Waals surface area (Å²) in [6.07, 6.45) is 6.60. The highest BCUT2D eigenvalue weighted by Gasteiger charge is 2.00. The van der Waals surface area contributed by atoms with E-state index in [9.17, 15) is 0 Å². The number of anilines is 1. The van der Waals surface area contributed by atoms with E-state index in [0.29, 0.717) is 11.1 Å². The van der Waals surface area contributed by atoms with Gasteiger partial charge in [-0.25, -0.2) is 10.1 Å². The van der Waals surface area contributed by atoms with Crippen LogP contribution in [0, 0.1) is 0 Å². The molecule has 0 radical (unpaired) electrons. The van der Waals surface area contributed by atoms with Crippen molar-refractivity contribution in [2.45, 2.75) is 18.1 Å². The molecule has 0 aliphatic heterocycles. The first-order valence-corrected chi connectivity index (χ1v) is 5.59. The van der Waals surface area contributed by atoms with E-state index < -0.39 is 0 Å². The van der Waals surface area contributed by atoms with Crippen LogP contribution in [0.25, 0.3) is 0 Å². The quantitative estimate of drug-likeness (QED) is 0.578. The van der Waals surface area contributed by atoms with E-state index >= 15 is 0 Å². The van der Waals surface area contributed by atoms with Crippen LogP contribution >= 0.6 is 11.8 Å². The fourth-order valence-electron chi connectivity index (χ4n) is 1.15. The molecule has 0 unspecified atom stereocenters. The summed E-state index contributed by atoms with van der Waals surface area (Å²) in [7, 11) is 0. The van der Waals surface area contributed by atoms with Crippen molar-refractivity contribution in [2.24, 2.45) is 0 Å². The van der Waals surface area contributed by atoms with E-state index in [-0.39, 0.29) is 0 Å². The minimum Gasteiger partial charge on any atom is -0.368 e. The zero-order chi connectivity index (χ0) is 10.5. The van der Waals surface area contributed by atoms with E-state index in [2.05, 4.69) is 20.2 Å². The molecule has 3 N–H and O–H groups in total.